The number of guanidine groups is 1. The zero-order chi connectivity index (χ0) is 16.7. The molecule has 0 saturated carbocycles. The largest absolute Gasteiger partial charge is 0.504 e. The van der Waals surface area contributed by atoms with Gasteiger partial charge in [-0.2, -0.15) is 11.8 Å². The van der Waals surface area contributed by atoms with E-state index in [1.165, 1.54) is 18.6 Å². The molecule has 0 aliphatic carbocycles. The van der Waals surface area contributed by atoms with Crippen molar-refractivity contribution in [3.63, 3.8) is 0 Å². The Morgan fingerprint density at radius 2 is 2.26 bits per heavy atom. The average molecular weight is 337 g/mol. The Morgan fingerprint density at radius 3 is 2.91 bits per heavy atom. The standard InChI is InChI=1S/C17H27N3O2S/c1-4-18-16(20-12-17(2)9-6-10-23-17)19-11-13-7-5-8-14(22-3)15(13)21/h5,7-8,21H,4,6,9-12H2,1-3H3,(H2,18,19,20). The fourth-order valence-electron chi connectivity index (χ4n) is 2.61. The third kappa shape index (κ3) is 4.96. The first-order valence-corrected chi connectivity index (χ1v) is 9.07. The summed E-state index contributed by atoms with van der Waals surface area (Å²) in [5.74, 6) is 2.66. The van der Waals surface area contributed by atoms with Gasteiger partial charge in [-0.15, -0.1) is 0 Å². The van der Waals surface area contributed by atoms with E-state index < -0.39 is 0 Å². The molecule has 23 heavy (non-hydrogen) atoms. The number of hydrogen-bond acceptors (Lipinski definition) is 4. The number of aliphatic imine (C=N–C) groups is 1. The Morgan fingerprint density at radius 1 is 1.43 bits per heavy atom. The van der Waals surface area contributed by atoms with Gasteiger partial charge in [0.05, 0.1) is 13.7 Å². The lowest BCUT2D eigenvalue weighted by atomic mass is 10.1. The highest BCUT2D eigenvalue weighted by atomic mass is 32.2. The number of methoxy groups -OCH3 is 1. The number of phenols is 1. The summed E-state index contributed by atoms with van der Waals surface area (Å²) in [6.07, 6.45) is 2.52. The summed E-state index contributed by atoms with van der Waals surface area (Å²) in [7, 11) is 1.55. The van der Waals surface area contributed by atoms with Crippen molar-refractivity contribution < 1.29 is 9.84 Å². The van der Waals surface area contributed by atoms with Gasteiger partial charge >= 0.3 is 0 Å². The predicted octanol–water partition coefficient (Wildman–Crippen LogP) is 2.74. The highest BCUT2D eigenvalue weighted by molar-refractivity contribution is 8.00. The number of ether oxygens (including phenoxy) is 1. The lowest BCUT2D eigenvalue weighted by Gasteiger charge is -2.24. The fourth-order valence-corrected chi connectivity index (χ4v) is 3.86. The molecule has 0 spiro atoms. The first-order chi connectivity index (χ1) is 11.1. The lowest BCUT2D eigenvalue weighted by molar-refractivity contribution is 0.370. The van der Waals surface area contributed by atoms with Crippen LogP contribution in [0.25, 0.3) is 0 Å². The highest BCUT2D eigenvalue weighted by Crippen LogP contribution is 2.37. The number of nitrogens with one attached hydrogen (secondary N) is 2. The molecule has 0 radical (unpaired) electrons. The molecular weight excluding hydrogens is 310 g/mol. The Labute approximate surface area is 142 Å². The van der Waals surface area contributed by atoms with Crippen LogP contribution in [0.2, 0.25) is 0 Å². The summed E-state index contributed by atoms with van der Waals surface area (Å²) in [6, 6.07) is 5.46. The van der Waals surface area contributed by atoms with Crippen LogP contribution in [0.4, 0.5) is 0 Å². The van der Waals surface area contributed by atoms with E-state index in [0.29, 0.717) is 12.3 Å². The van der Waals surface area contributed by atoms with Crippen LogP contribution < -0.4 is 15.4 Å². The van der Waals surface area contributed by atoms with E-state index >= 15 is 0 Å². The quantitative estimate of drug-likeness (QED) is 0.550. The predicted molar refractivity (Wildman–Crippen MR) is 97.6 cm³/mol. The first kappa shape index (κ1) is 17.8. The molecule has 0 bridgehead atoms. The van der Waals surface area contributed by atoms with Gasteiger partial charge in [0.1, 0.15) is 0 Å². The molecule has 0 amide bonds. The van der Waals surface area contributed by atoms with Crippen molar-refractivity contribution in [1.82, 2.24) is 10.6 Å². The molecule has 2 rings (SSSR count). The minimum absolute atomic E-state index is 0.160. The Bertz CT molecular complexity index is 543. The molecule has 1 aromatic rings. The van der Waals surface area contributed by atoms with Crippen LogP contribution >= 0.6 is 11.8 Å². The maximum absolute atomic E-state index is 10.1. The van der Waals surface area contributed by atoms with E-state index in [-0.39, 0.29) is 10.5 Å². The molecule has 128 valence electrons. The van der Waals surface area contributed by atoms with Crippen molar-refractivity contribution in [2.45, 2.75) is 38.0 Å². The van der Waals surface area contributed by atoms with Crippen molar-refractivity contribution in [2.24, 2.45) is 4.99 Å². The van der Waals surface area contributed by atoms with Crippen LogP contribution in [-0.4, -0.2) is 41.8 Å². The third-order valence-electron chi connectivity index (χ3n) is 3.98. The minimum Gasteiger partial charge on any atom is -0.504 e. The SMILES string of the molecule is CCNC(=NCc1cccc(OC)c1O)NCC1(C)CCCS1. The van der Waals surface area contributed by atoms with Crippen molar-refractivity contribution in [3.05, 3.63) is 23.8 Å². The summed E-state index contributed by atoms with van der Waals surface area (Å²) in [4.78, 5) is 4.58. The van der Waals surface area contributed by atoms with Gasteiger partial charge in [-0.1, -0.05) is 12.1 Å². The van der Waals surface area contributed by atoms with Crippen LogP contribution in [0.15, 0.2) is 23.2 Å². The summed E-state index contributed by atoms with van der Waals surface area (Å²) in [5, 5.41) is 16.8. The fraction of sp³-hybridized carbons (Fsp3) is 0.588. The van der Waals surface area contributed by atoms with Crippen LogP contribution in [0.1, 0.15) is 32.3 Å². The maximum atomic E-state index is 10.1. The number of hydrogen-bond donors (Lipinski definition) is 3. The van der Waals surface area contributed by atoms with E-state index in [9.17, 15) is 5.11 Å². The van der Waals surface area contributed by atoms with Gasteiger partial charge in [0.2, 0.25) is 0 Å². The molecule has 1 saturated heterocycles. The molecule has 1 atom stereocenters. The second-order valence-electron chi connectivity index (χ2n) is 5.92. The zero-order valence-corrected chi connectivity index (χ0v) is 15.0. The third-order valence-corrected chi connectivity index (χ3v) is 5.52. The molecule has 3 N–H and O–H groups in total. The van der Waals surface area contributed by atoms with Gasteiger partial charge in [-0.3, -0.25) is 0 Å². The number of nitrogens with zero attached hydrogens (tertiary/aromatic N) is 1. The second-order valence-corrected chi connectivity index (χ2v) is 7.60. The van der Waals surface area contributed by atoms with Crippen LogP contribution in [0.5, 0.6) is 11.5 Å². The average Bonchev–Trinajstić information content (AvgIpc) is 2.98. The second kappa shape index (κ2) is 8.34. The smallest absolute Gasteiger partial charge is 0.191 e. The van der Waals surface area contributed by atoms with Crippen molar-refractivity contribution >= 4 is 17.7 Å². The monoisotopic (exact) mass is 337 g/mol. The van der Waals surface area contributed by atoms with Crippen molar-refractivity contribution in [2.75, 3.05) is 26.0 Å². The molecule has 5 nitrogen and oxygen atoms in total. The van der Waals surface area contributed by atoms with E-state index in [1.807, 2.05) is 30.8 Å². The minimum atomic E-state index is 0.160. The Balaban J connectivity index is 2.01. The molecule has 1 aliphatic rings. The van der Waals surface area contributed by atoms with Crippen molar-refractivity contribution in [3.8, 4) is 11.5 Å². The van der Waals surface area contributed by atoms with Crippen LogP contribution in [0.3, 0.4) is 0 Å². The lowest BCUT2D eigenvalue weighted by Crippen LogP contribution is -2.43. The topological polar surface area (TPSA) is 65.9 Å². The molecule has 6 heteroatoms. The van der Waals surface area contributed by atoms with Gasteiger partial charge in [0, 0.05) is 23.4 Å². The number of benzene rings is 1. The van der Waals surface area contributed by atoms with Gasteiger partial charge in [0.25, 0.3) is 0 Å². The number of para-hydroxylation sites is 1. The normalized spacial score (nSPS) is 21.3. The molecule has 1 aromatic carbocycles. The van der Waals surface area contributed by atoms with Crippen LogP contribution in [0, 0.1) is 0 Å². The van der Waals surface area contributed by atoms with Gasteiger partial charge in [-0.25, -0.2) is 4.99 Å². The van der Waals surface area contributed by atoms with E-state index in [1.54, 1.807) is 13.2 Å². The van der Waals surface area contributed by atoms with Gasteiger partial charge in [0.15, 0.2) is 17.5 Å². The molecule has 1 unspecified atom stereocenters. The molecule has 1 aliphatic heterocycles. The summed E-state index contributed by atoms with van der Waals surface area (Å²) >= 11 is 2.02. The first-order valence-electron chi connectivity index (χ1n) is 8.09. The molecule has 1 fully saturated rings. The highest BCUT2D eigenvalue weighted by Gasteiger charge is 2.29. The van der Waals surface area contributed by atoms with Crippen LogP contribution in [-0.2, 0) is 6.54 Å². The van der Waals surface area contributed by atoms with E-state index in [4.69, 9.17) is 4.74 Å². The van der Waals surface area contributed by atoms with E-state index in [0.717, 1.165) is 24.6 Å². The van der Waals surface area contributed by atoms with Gasteiger partial charge in [-0.05, 0) is 38.5 Å². The summed E-state index contributed by atoms with van der Waals surface area (Å²) in [6.45, 7) is 6.46. The molecule has 0 aromatic heterocycles. The number of aromatic hydroxyl groups is 1. The van der Waals surface area contributed by atoms with Gasteiger partial charge < -0.3 is 20.5 Å². The summed E-state index contributed by atoms with van der Waals surface area (Å²) in [5.41, 5.74) is 0.753. The Hall–Kier alpha value is -1.56. The zero-order valence-electron chi connectivity index (χ0n) is 14.2. The number of thioether (sulfide) groups is 1. The van der Waals surface area contributed by atoms with E-state index in [2.05, 4.69) is 22.5 Å². The number of rotatable bonds is 6. The number of phenolic OH excluding ortho intramolecular Hbond substituents is 1. The summed E-state index contributed by atoms with van der Waals surface area (Å²) < 4.78 is 5.42. The Kier molecular flexibility index (Phi) is 6.45. The molecule has 1 heterocycles. The maximum Gasteiger partial charge on any atom is 0.191 e. The molecular formula is C17H27N3O2S. The van der Waals surface area contributed by atoms with Crippen molar-refractivity contribution in [1.29, 1.82) is 0 Å².